The molecule has 19 heavy (non-hydrogen) atoms. The van der Waals surface area contributed by atoms with Gasteiger partial charge in [-0.2, -0.15) is 0 Å². The standard InChI is InChI=1S/C11H20O8/c1-3-5(13)7(15)9(17)10(18-3)11-8(16)6(14)4(2-12)19-11/h3-17H,2H2,1H3/t3-,4-,5-,6-,7+,8+,9+,10?,11?/m1/s1. The summed E-state index contributed by atoms with van der Waals surface area (Å²) >= 11 is 0. The lowest BCUT2D eigenvalue weighted by Gasteiger charge is -2.42. The normalized spacial score (nSPS) is 55.4. The van der Waals surface area contributed by atoms with Crippen LogP contribution < -0.4 is 0 Å². The van der Waals surface area contributed by atoms with Crippen molar-refractivity contribution in [3.05, 3.63) is 0 Å². The van der Waals surface area contributed by atoms with E-state index in [-0.39, 0.29) is 0 Å². The lowest BCUT2D eigenvalue weighted by atomic mass is 9.90. The predicted molar refractivity (Wildman–Crippen MR) is 60.1 cm³/mol. The summed E-state index contributed by atoms with van der Waals surface area (Å²) in [5, 5.41) is 57.6. The van der Waals surface area contributed by atoms with E-state index in [4.69, 9.17) is 14.6 Å². The molecule has 2 fully saturated rings. The van der Waals surface area contributed by atoms with E-state index in [1.54, 1.807) is 0 Å². The highest BCUT2D eigenvalue weighted by Gasteiger charge is 2.53. The number of rotatable bonds is 2. The third kappa shape index (κ3) is 2.50. The molecule has 0 spiro atoms. The zero-order valence-electron chi connectivity index (χ0n) is 10.4. The Bertz CT molecular complexity index is 313. The lowest BCUT2D eigenvalue weighted by Crippen LogP contribution is -2.61. The van der Waals surface area contributed by atoms with Crippen molar-refractivity contribution >= 4 is 0 Å². The highest BCUT2D eigenvalue weighted by atomic mass is 16.6. The topological polar surface area (TPSA) is 140 Å². The van der Waals surface area contributed by atoms with Crippen LogP contribution in [0, 0.1) is 0 Å². The van der Waals surface area contributed by atoms with Gasteiger partial charge in [0, 0.05) is 0 Å². The van der Waals surface area contributed by atoms with Gasteiger partial charge in [0.25, 0.3) is 0 Å². The van der Waals surface area contributed by atoms with E-state index in [9.17, 15) is 25.5 Å². The maximum absolute atomic E-state index is 9.88. The van der Waals surface area contributed by atoms with Crippen molar-refractivity contribution in [3.8, 4) is 0 Å². The minimum absolute atomic E-state index is 0.488. The zero-order chi connectivity index (χ0) is 14.3. The van der Waals surface area contributed by atoms with Gasteiger partial charge in [-0.05, 0) is 6.92 Å². The van der Waals surface area contributed by atoms with Gasteiger partial charge >= 0.3 is 0 Å². The molecular weight excluding hydrogens is 260 g/mol. The molecule has 2 aliphatic heterocycles. The Hall–Kier alpha value is -0.320. The fraction of sp³-hybridized carbons (Fsp3) is 1.00. The SMILES string of the molecule is C[C@H]1OC(C2O[C@H](CO)[C@@H](O)[C@@H]2O)[C@@H](O)[C@@H](O)[C@@H]1O. The molecule has 0 aliphatic carbocycles. The van der Waals surface area contributed by atoms with Gasteiger partial charge in [-0.15, -0.1) is 0 Å². The summed E-state index contributed by atoms with van der Waals surface area (Å²) in [4.78, 5) is 0. The lowest BCUT2D eigenvalue weighted by molar-refractivity contribution is -0.248. The molecule has 112 valence electrons. The van der Waals surface area contributed by atoms with Gasteiger partial charge in [-0.25, -0.2) is 0 Å². The fourth-order valence-electron chi connectivity index (χ4n) is 2.55. The Morgan fingerprint density at radius 3 is 1.79 bits per heavy atom. The Morgan fingerprint density at radius 2 is 1.26 bits per heavy atom. The van der Waals surface area contributed by atoms with Crippen LogP contribution in [0.4, 0.5) is 0 Å². The summed E-state index contributed by atoms with van der Waals surface area (Å²) in [5.74, 6) is 0. The average molecular weight is 280 g/mol. The van der Waals surface area contributed by atoms with Gasteiger partial charge in [0.15, 0.2) is 0 Å². The van der Waals surface area contributed by atoms with E-state index in [1.807, 2.05) is 0 Å². The van der Waals surface area contributed by atoms with Crippen LogP contribution in [0.2, 0.25) is 0 Å². The van der Waals surface area contributed by atoms with E-state index in [0.717, 1.165) is 0 Å². The highest BCUT2D eigenvalue weighted by molar-refractivity contribution is 5.01. The van der Waals surface area contributed by atoms with Crippen molar-refractivity contribution in [1.82, 2.24) is 0 Å². The molecule has 2 rings (SSSR count). The first-order valence-electron chi connectivity index (χ1n) is 6.20. The number of hydrogen-bond acceptors (Lipinski definition) is 8. The van der Waals surface area contributed by atoms with E-state index in [0.29, 0.717) is 0 Å². The highest BCUT2D eigenvalue weighted by Crippen LogP contribution is 2.31. The molecule has 8 nitrogen and oxygen atoms in total. The maximum Gasteiger partial charge on any atom is 0.115 e. The number of hydrogen-bond donors (Lipinski definition) is 6. The molecule has 0 amide bonds. The van der Waals surface area contributed by atoms with Gasteiger partial charge in [-0.1, -0.05) is 0 Å². The first kappa shape index (κ1) is 15.1. The second kappa shape index (κ2) is 5.58. The van der Waals surface area contributed by atoms with Crippen molar-refractivity contribution in [2.24, 2.45) is 0 Å². The number of ether oxygens (including phenoxy) is 2. The third-order valence-electron chi connectivity index (χ3n) is 3.79. The van der Waals surface area contributed by atoms with Crippen molar-refractivity contribution in [1.29, 1.82) is 0 Å². The summed E-state index contributed by atoms with van der Waals surface area (Å²) < 4.78 is 10.6. The largest absolute Gasteiger partial charge is 0.394 e. The van der Waals surface area contributed by atoms with Gasteiger partial charge in [0.05, 0.1) is 12.7 Å². The van der Waals surface area contributed by atoms with Gasteiger partial charge in [0.2, 0.25) is 0 Å². The molecule has 0 aromatic carbocycles. The minimum Gasteiger partial charge on any atom is -0.394 e. The molecule has 2 saturated heterocycles. The van der Waals surface area contributed by atoms with Gasteiger partial charge in [0.1, 0.15) is 48.8 Å². The quantitative estimate of drug-likeness (QED) is 0.304. The summed E-state index contributed by atoms with van der Waals surface area (Å²) in [6.45, 7) is 1.02. The summed E-state index contributed by atoms with van der Waals surface area (Å²) in [6, 6.07) is 0. The van der Waals surface area contributed by atoms with Crippen LogP contribution in [-0.2, 0) is 9.47 Å². The van der Waals surface area contributed by atoms with Crippen LogP contribution in [-0.4, -0.2) is 92.2 Å². The molecule has 2 unspecified atom stereocenters. The fourth-order valence-corrected chi connectivity index (χ4v) is 2.55. The van der Waals surface area contributed by atoms with Crippen molar-refractivity contribution in [3.63, 3.8) is 0 Å². The Labute approximate surface area is 109 Å². The maximum atomic E-state index is 9.88. The summed E-state index contributed by atoms with van der Waals surface area (Å²) in [6.07, 6.45) is -10.7. The second-order valence-corrected chi connectivity index (χ2v) is 5.08. The molecule has 0 radical (unpaired) electrons. The van der Waals surface area contributed by atoms with Gasteiger partial charge < -0.3 is 40.1 Å². The molecule has 9 atom stereocenters. The molecule has 2 aliphatic rings. The second-order valence-electron chi connectivity index (χ2n) is 5.08. The summed E-state index contributed by atoms with van der Waals surface area (Å²) in [7, 11) is 0. The minimum atomic E-state index is -1.46. The van der Waals surface area contributed by atoms with Crippen LogP contribution in [0.25, 0.3) is 0 Å². The van der Waals surface area contributed by atoms with E-state index < -0.39 is 61.5 Å². The third-order valence-corrected chi connectivity index (χ3v) is 3.79. The smallest absolute Gasteiger partial charge is 0.115 e. The molecule has 0 bridgehead atoms. The van der Waals surface area contributed by atoms with Crippen LogP contribution in [0.1, 0.15) is 6.92 Å². The molecule has 0 aromatic rings. The van der Waals surface area contributed by atoms with Crippen molar-refractivity contribution < 1.29 is 40.1 Å². The first-order valence-corrected chi connectivity index (χ1v) is 6.20. The van der Waals surface area contributed by atoms with Gasteiger partial charge in [-0.3, -0.25) is 0 Å². The molecular formula is C11H20O8. The number of aliphatic hydroxyl groups is 6. The Kier molecular flexibility index (Phi) is 4.43. The van der Waals surface area contributed by atoms with E-state index in [2.05, 4.69) is 0 Å². The molecule has 2 heterocycles. The molecule has 8 heteroatoms. The molecule has 0 saturated carbocycles. The summed E-state index contributed by atoms with van der Waals surface area (Å²) in [5.41, 5.74) is 0. The van der Waals surface area contributed by atoms with Crippen LogP contribution in [0.5, 0.6) is 0 Å². The van der Waals surface area contributed by atoms with Crippen LogP contribution in [0.15, 0.2) is 0 Å². The monoisotopic (exact) mass is 280 g/mol. The molecule has 6 N–H and O–H groups in total. The van der Waals surface area contributed by atoms with Crippen LogP contribution in [0.3, 0.4) is 0 Å². The Morgan fingerprint density at radius 1 is 0.737 bits per heavy atom. The first-order chi connectivity index (χ1) is 8.88. The predicted octanol–water partition coefficient (Wildman–Crippen LogP) is -3.66. The van der Waals surface area contributed by atoms with E-state index >= 15 is 0 Å². The number of aliphatic hydroxyl groups excluding tert-OH is 6. The van der Waals surface area contributed by atoms with Crippen LogP contribution >= 0.6 is 0 Å². The Balaban J connectivity index is 2.13. The van der Waals surface area contributed by atoms with E-state index in [1.165, 1.54) is 6.92 Å². The zero-order valence-corrected chi connectivity index (χ0v) is 10.4. The molecule has 0 aromatic heterocycles. The average Bonchev–Trinajstić information content (AvgIpc) is 2.68. The van der Waals surface area contributed by atoms with Crippen molar-refractivity contribution in [2.75, 3.05) is 6.61 Å². The van der Waals surface area contributed by atoms with Crippen molar-refractivity contribution in [2.45, 2.75) is 61.9 Å².